The van der Waals surface area contributed by atoms with Gasteiger partial charge in [-0.25, -0.2) is 9.59 Å². The molecule has 1 saturated heterocycles. The number of nitrogens with zero attached hydrogens (tertiary/aromatic N) is 1. The van der Waals surface area contributed by atoms with Crippen molar-refractivity contribution in [3.63, 3.8) is 0 Å². The number of aliphatic hydroxyl groups is 1. The van der Waals surface area contributed by atoms with Gasteiger partial charge < -0.3 is 30.1 Å². The fourth-order valence-electron chi connectivity index (χ4n) is 4.38. The first-order valence-corrected chi connectivity index (χ1v) is 13.9. The van der Waals surface area contributed by atoms with E-state index in [2.05, 4.69) is 19.9 Å². The van der Waals surface area contributed by atoms with Crippen LogP contribution in [0.4, 0.5) is 9.59 Å². The first-order chi connectivity index (χ1) is 18.0. The van der Waals surface area contributed by atoms with Crippen molar-refractivity contribution in [3.05, 3.63) is 34.9 Å². The highest BCUT2D eigenvalue weighted by Gasteiger charge is 2.50. The van der Waals surface area contributed by atoms with Crippen molar-refractivity contribution in [3.8, 4) is 0 Å². The van der Waals surface area contributed by atoms with Gasteiger partial charge in [-0.3, -0.25) is 4.79 Å². The molecule has 1 aliphatic rings. The summed E-state index contributed by atoms with van der Waals surface area (Å²) >= 11 is 6.01. The van der Waals surface area contributed by atoms with Crippen molar-refractivity contribution in [1.82, 2.24) is 15.5 Å². The molecule has 1 aromatic carbocycles. The summed E-state index contributed by atoms with van der Waals surface area (Å²) in [6.07, 6.45) is -0.841. The van der Waals surface area contributed by atoms with E-state index >= 15 is 0 Å². The molecule has 1 aromatic rings. The predicted octanol–water partition coefficient (Wildman–Crippen LogP) is 3.67. The lowest BCUT2D eigenvalue weighted by atomic mass is 9.66. The van der Waals surface area contributed by atoms with Crippen molar-refractivity contribution >= 4 is 37.9 Å². The van der Waals surface area contributed by atoms with Crippen LogP contribution in [0, 0.1) is 11.3 Å². The molecular formula is C25H38ClN3O9P+. The third kappa shape index (κ3) is 9.01. The summed E-state index contributed by atoms with van der Waals surface area (Å²) in [6.45, 7) is 10.1. The van der Waals surface area contributed by atoms with Gasteiger partial charge in [-0.2, -0.15) is 0 Å². The quantitative estimate of drug-likeness (QED) is 0.181. The molecule has 4 N–H and O–H groups in total. The van der Waals surface area contributed by atoms with Gasteiger partial charge in [0.25, 0.3) is 6.79 Å². The topological polar surface area (TPSA) is 164 Å². The molecule has 0 saturated carbocycles. The zero-order valence-electron chi connectivity index (χ0n) is 23.0. The molecule has 0 radical (unpaired) electrons. The summed E-state index contributed by atoms with van der Waals surface area (Å²) in [5, 5.41) is 17.4. The molecule has 39 heavy (non-hydrogen) atoms. The first kappa shape index (κ1) is 32.7. The zero-order chi connectivity index (χ0) is 29.6. The van der Waals surface area contributed by atoms with Gasteiger partial charge >= 0.3 is 20.4 Å². The number of carbonyl (C=O) groups is 3. The number of hydrogen-bond acceptors (Lipinski definition) is 8. The summed E-state index contributed by atoms with van der Waals surface area (Å²) in [6, 6.07) is 5.56. The molecule has 14 heteroatoms. The molecule has 218 valence electrons. The van der Waals surface area contributed by atoms with Gasteiger partial charge in [0.2, 0.25) is 5.91 Å². The van der Waals surface area contributed by atoms with Gasteiger partial charge in [0.05, 0.1) is 12.1 Å². The molecule has 0 aromatic heterocycles. The number of piperidine rings is 1. The standard InChI is InChI=1S/C25H37ClN3O9P/c1-16(2)19(28-21(31)27-13-24(5,6)38-22(32)36-15-37-39(34)35)20(30)29-12-11-25(33,23(3,4)14-29)17-7-9-18(26)10-8-17/h7-10,16,19,33H,11-15H2,1-6H3,(H2-,27,28,31,34,35)/p+1/t19-,25+/m1/s1. The molecule has 0 spiro atoms. The maximum absolute atomic E-state index is 13.5. The highest BCUT2D eigenvalue weighted by molar-refractivity contribution is 7.32. The SMILES string of the molecule is CC(C)[C@@H](NC(=O)NCC(C)(C)OC(=O)OCO[P+](=O)O)C(=O)N1CC[C@](O)(c2ccc(Cl)cc2)C(C)(C)C1. The molecule has 3 amide bonds. The number of carbonyl (C=O) groups excluding carboxylic acids is 3. The number of nitrogens with one attached hydrogen (secondary N) is 2. The number of benzene rings is 1. The minimum absolute atomic E-state index is 0.118. The summed E-state index contributed by atoms with van der Waals surface area (Å²) in [5.41, 5.74) is -2.32. The molecule has 2 rings (SSSR count). The minimum atomic E-state index is -2.92. The van der Waals surface area contributed by atoms with Crippen molar-refractivity contribution in [1.29, 1.82) is 0 Å². The van der Waals surface area contributed by atoms with Crippen LogP contribution in [0.15, 0.2) is 24.3 Å². The number of hydrogen-bond donors (Lipinski definition) is 4. The van der Waals surface area contributed by atoms with Crippen LogP contribution >= 0.6 is 19.9 Å². The Kier molecular flexibility index (Phi) is 11.1. The monoisotopic (exact) mass is 590 g/mol. The van der Waals surface area contributed by atoms with E-state index in [1.807, 2.05) is 27.7 Å². The minimum Gasteiger partial charge on any atom is -0.426 e. The van der Waals surface area contributed by atoms with E-state index in [0.29, 0.717) is 18.0 Å². The normalized spacial score (nSPS) is 20.2. The van der Waals surface area contributed by atoms with Gasteiger partial charge in [-0.05, 0) is 43.9 Å². The Bertz CT molecular complexity index is 1050. The lowest BCUT2D eigenvalue weighted by Gasteiger charge is -2.51. The smallest absolute Gasteiger partial charge is 0.426 e. The molecule has 3 atom stereocenters. The van der Waals surface area contributed by atoms with E-state index in [9.17, 15) is 24.1 Å². The van der Waals surface area contributed by atoms with E-state index in [1.165, 1.54) is 13.8 Å². The van der Waals surface area contributed by atoms with Crippen LogP contribution in [0.25, 0.3) is 0 Å². The van der Waals surface area contributed by atoms with Gasteiger partial charge in [-0.1, -0.05) is 56.0 Å². The van der Waals surface area contributed by atoms with Gasteiger partial charge in [0.15, 0.2) is 0 Å². The summed E-state index contributed by atoms with van der Waals surface area (Å²) in [4.78, 5) is 48.1. The van der Waals surface area contributed by atoms with Gasteiger partial charge in [0, 0.05) is 28.1 Å². The largest absolute Gasteiger partial charge is 0.698 e. The fraction of sp³-hybridized carbons (Fsp3) is 0.640. The predicted molar refractivity (Wildman–Crippen MR) is 143 cm³/mol. The van der Waals surface area contributed by atoms with Crippen molar-refractivity contribution < 1.29 is 42.9 Å². The molecule has 0 aliphatic carbocycles. The molecule has 1 aliphatic heterocycles. The third-order valence-electron chi connectivity index (χ3n) is 6.68. The second kappa shape index (κ2) is 13.2. The maximum Gasteiger partial charge on any atom is 0.698 e. The summed E-state index contributed by atoms with van der Waals surface area (Å²) in [7, 11) is -2.92. The highest BCUT2D eigenvalue weighted by Crippen LogP contribution is 2.46. The zero-order valence-corrected chi connectivity index (χ0v) is 24.7. The molecule has 1 heterocycles. The Labute approximate surface area is 234 Å². The van der Waals surface area contributed by atoms with Crippen LogP contribution in [-0.2, 0) is 29.0 Å². The summed E-state index contributed by atoms with van der Waals surface area (Å²) in [5.74, 6) is -0.506. The number of rotatable bonds is 10. The Morgan fingerprint density at radius 2 is 1.82 bits per heavy atom. The average Bonchev–Trinajstić information content (AvgIpc) is 2.82. The number of amides is 3. The van der Waals surface area contributed by atoms with Crippen LogP contribution in [0.2, 0.25) is 5.02 Å². The van der Waals surface area contributed by atoms with Gasteiger partial charge in [0.1, 0.15) is 11.6 Å². The first-order valence-electron chi connectivity index (χ1n) is 12.4. The van der Waals surface area contributed by atoms with E-state index < -0.39 is 49.9 Å². The average molecular weight is 591 g/mol. The highest BCUT2D eigenvalue weighted by atomic mass is 35.5. The third-order valence-corrected chi connectivity index (χ3v) is 7.25. The Morgan fingerprint density at radius 1 is 1.21 bits per heavy atom. The van der Waals surface area contributed by atoms with Crippen LogP contribution in [0.1, 0.15) is 53.5 Å². The number of halogens is 1. The van der Waals surface area contributed by atoms with Crippen LogP contribution in [-0.4, -0.2) is 71.1 Å². The molecule has 12 nitrogen and oxygen atoms in total. The second-order valence-electron chi connectivity index (χ2n) is 11.1. The molecule has 1 fully saturated rings. The number of urea groups is 1. The van der Waals surface area contributed by atoms with Crippen molar-refractivity contribution in [2.75, 3.05) is 26.4 Å². The molecule has 1 unspecified atom stereocenters. The number of ether oxygens (including phenoxy) is 2. The summed E-state index contributed by atoms with van der Waals surface area (Å²) < 4.78 is 24.3. The van der Waals surface area contributed by atoms with E-state index in [0.717, 1.165) is 5.56 Å². The van der Waals surface area contributed by atoms with Crippen molar-refractivity contribution in [2.24, 2.45) is 11.3 Å². The lowest BCUT2D eigenvalue weighted by molar-refractivity contribution is -0.155. The second-order valence-corrected chi connectivity index (χ2v) is 12.2. The van der Waals surface area contributed by atoms with E-state index in [-0.39, 0.29) is 24.9 Å². The Hall–Kier alpha value is -2.50. The maximum atomic E-state index is 13.5. The van der Waals surface area contributed by atoms with Crippen LogP contribution < -0.4 is 10.6 Å². The lowest BCUT2D eigenvalue weighted by Crippen LogP contribution is -2.61. The number of likely N-dealkylation sites (tertiary alicyclic amines) is 1. The Morgan fingerprint density at radius 3 is 2.36 bits per heavy atom. The Balaban J connectivity index is 1.98. The molecule has 0 bridgehead atoms. The molecular weight excluding hydrogens is 553 g/mol. The van der Waals surface area contributed by atoms with Crippen LogP contribution in [0.3, 0.4) is 0 Å². The van der Waals surface area contributed by atoms with E-state index in [4.69, 9.17) is 21.2 Å². The van der Waals surface area contributed by atoms with E-state index in [1.54, 1.807) is 29.2 Å². The van der Waals surface area contributed by atoms with Crippen molar-refractivity contribution in [2.45, 2.75) is 65.2 Å². The van der Waals surface area contributed by atoms with Gasteiger partial charge in [-0.15, -0.1) is 4.89 Å². The van der Waals surface area contributed by atoms with Crippen LogP contribution in [0.5, 0.6) is 0 Å². The fourth-order valence-corrected chi connectivity index (χ4v) is 4.65.